The number of para-hydroxylation sites is 1. The summed E-state index contributed by atoms with van der Waals surface area (Å²) in [5.41, 5.74) is 1.58. The van der Waals surface area contributed by atoms with Crippen LogP contribution in [0, 0.1) is 5.92 Å². The fraction of sp³-hybridized carbons (Fsp3) is 0.367. The van der Waals surface area contributed by atoms with E-state index in [1.54, 1.807) is 19.1 Å². The molecule has 190 valence electrons. The van der Waals surface area contributed by atoms with E-state index in [-0.39, 0.29) is 24.5 Å². The Kier molecular flexibility index (Phi) is 7.97. The molecular weight excluding hydrogens is 454 g/mol. The number of carbonyl (C=O) groups is 1. The van der Waals surface area contributed by atoms with Crippen molar-refractivity contribution < 1.29 is 24.1 Å². The lowest BCUT2D eigenvalue weighted by Crippen LogP contribution is -2.43. The third-order valence-electron chi connectivity index (χ3n) is 6.80. The predicted molar refractivity (Wildman–Crippen MR) is 139 cm³/mol. The Labute approximate surface area is 213 Å². The van der Waals surface area contributed by atoms with Gasteiger partial charge in [-0.25, -0.2) is 0 Å². The summed E-state index contributed by atoms with van der Waals surface area (Å²) in [6.07, 6.45) is -0.108. The number of carbonyl (C=O) groups excluding carboxylic acids is 1. The number of rotatable bonds is 9. The lowest BCUT2D eigenvalue weighted by atomic mass is 9.79. The van der Waals surface area contributed by atoms with Crippen LogP contribution in [0.5, 0.6) is 11.5 Å². The summed E-state index contributed by atoms with van der Waals surface area (Å²) in [5.74, 6) is 1.03. The molecule has 4 rings (SSSR count). The molecule has 0 bridgehead atoms. The van der Waals surface area contributed by atoms with Gasteiger partial charge in [-0.2, -0.15) is 0 Å². The van der Waals surface area contributed by atoms with Crippen LogP contribution >= 0.6 is 0 Å². The third kappa shape index (κ3) is 4.84. The fourth-order valence-corrected chi connectivity index (χ4v) is 5.10. The Morgan fingerprint density at radius 2 is 1.56 bits per heavy atom. The van der Waals surface area contributed by atoms with Crippen LogP contribution in [0.3, 0.4) is 0 Å². The minimum absolute atomic E-state index is 0.0177. The van der Waals surface area contributed by atoms with Gasteiger partial charge in [0.05, 0.1) is 33.0 Å². The summed E-state index contributed by atoms with van der Waals surface area (Å²) in [4.78, 5) is 14.7. The van der Waals surface area contributed by atoms with E-state index in [0.717, 1.165) is 16.7 Å². The Balaban J connectivity index is 1.88. The smallest absolute Gasteiger partial charge is 0.225 e. The average molecular weight is 490 g/mol. The fourth-order valence-electron chi connectivity index (χ4n) is 5.10. The van der Waals surface area contributed by atoms with E-state index in [4.69, 9.17) is 14.2 Å². The summed E-state index contributed by atoms with van der Waals surface area (Å²) < 4.78 is 18.5. The molecule has 36 heavy (non-hydrogen) atoms. The van der Waals surface area contributed by atoms with E-state index in [1.807, 2.05) is 92.7 Å². The Bertz CT molecular complexity index is 1110. The molecule has 3 aromatic rings. The van der Waals surface area contributed by atoms with Crippen LogP contribution in [-0.4, -0.2) is 55.4 Å². The first-order chi connectivity index (χ1) is 17.4. The first kappa shape index (κ1) is 25.7. The van der Waals surface area contributed by atoms with Gasteiger partial charge in [-0.05, 0) is 23.6 Å². The maximum absolute atomic E-state index is 12.9. The lowest BCUT2D eigenvalue weighted by Gasteiger charge is -2.38. The second kappa shape index (κ2) is 11.1. The maximum Gasteiger partial charge on any atom is 0.225 e. The molecule has 0 aromatic heterocycles. The number of aliphatic hydroxyl groups is 1. The Morgan fingerprint density at radius 3 is 2.08 bits per heavy atom. The summed E-state index contributed by atoms with van der Waals surface area (Å²) in [6, 6.07) is 25.5. The highest BCUT2D eigenvalue weighted by Gasteiger charge is 2.43. The molecule has 1 N–H and O–H groups in total. The van der Waals surface area contributed by atoms with Crippen LogP contribution in [-0.2, 0) is 15.1 Å². The molecular formula is C30H35NO5. The van der Waals surface area contributed by atoms with E-state index in [2.05, 4.69) is 0 Å². The number of likely N-dealkylation sites (tertiary alicyclic amines) is 1. The molecule has 1 heterocycles. The number of nitrogens with zero attached hydrogens (tertiary/aromatic N) is 1. The van der Waals surface area contributed by atoms with Gasteiger partial charge in [0.25, 0.3) is 0 Å². The highest BCUT2D eigenvalue weighted by Crippen LogP contribution is 2.47. The zero-order valence-electron chi connectivity index (χ0n) is 21.4. The molecule has 0 saturated carbocycles. The van der Waals surface area contributed by atoms with Crippen molar-refractivity contribution in [2.75, 3.05) is 27.4 Å². The van der Waals surface area contributed by atoms with Gasteiger partial charge in [-0.1, -0.05) is 86.6 Å². The molecule has 1 aliphatic rings. The van der Waals surface area contributed by atoms with Crippen molar-refractivity contribution in [2.45, 2.75) is 38.0 Å². The Hall–Kier alpha value is -3.35. The molecule has 0 spiro atoms. The molecule has 6 nitrogen and oxygen atoms in total. The minimum atomic E-state index is -1.05. The molecule has 6 heteroatoms. The second-order valence-electron chi connectivity index (χ2n) is 9.45. The van der Waals surface area contributed by atoms with Gasteiger partial charge in [0, 0.05) is 18.0 Å². The number of β-amino-alcohol motifs (C(OH)–C–C–N with tert-alkyl or cyclic N) is 1. The van der Waals surface area contributed by atoms with Crippen molar-refractivity contribution in [1.82, 2.24) is 4.90 Å². The van der Waals surface area contributed by atoms with Crippen LogP contribution in [0.2, 0.25) is 0 Å². The molecule has 1 fully saturated rings. The maximum atomic E-state index is 12.9. The number of ether oxygens (including phenoxy) is 3. The zero-order valence-corrected chi connectivity index (χ0v) is 21.4. The number of amides is 1. The summed E-state index contributed by atoms with van der Waals surface area (Å²) in [6.45, 7) is 4.31. The van der Waals surface area contributed by atoms with Crippen molar-refractivity contribution >= 4 is 5.91 Å². The number of methoxy groups -OCH3 is 2. The van der Waals surface area contributed by atoms with Crippen LogP contribution in [0.15, 0.2) is 78.9 Å². The standard InChI is InChI=1S/C30H35NO5/c1-21(2)29(33)31-19-25(32)18-24(31)20-36-30(22-12-7-5-8-13-22,23-14-9-6-10-15-23)26-16-11-17-27(34-3)28(26)35-4/h5-17,21,24-25,32H,18-20H2,1-4H3. The second-order valence-corrected chi connectivity index (χ2v) is 9.45. The summed E-state index contributed by atoms with van der Waals surface area (Å²) in [5, 5.41) is 10.4. The largest absolute Gasteiger partial charge is 0.493 e. The van der Waals surface area contributed by atoms with Crippen molar-refractivity contribution in [3.8, 4) is 11.5 Å². The van der Waals surface area contributed by atoms with Gasteiger partial charge in [0.1, 0.15) is 5.60 Å². The molecule has 3 aromatic carbocycles. The molecule has 1 aliphatic heterocycles. The first-order valence-corrected chi connectivity index (χ1v) is 12.4. The van der Waals surface area contributed by atoms with Gasteiger partial charge in [0.2, 0.25) is 5.91 Å². The van der Waals surface area contributed by atoms with E-state index in [1.165, 1.54) is 0 Å². The van der Waals surface area contributed by atoms with Crippen LogP contribution in [0.1, 0.15) is 37.0 Å². The van der Waals surface area contributed by atoms with E-state index in [9.17, 15) is 9.90 Å². The predicted octanol–water partition coefficient (Wildman–Crippen LogP) is 4.63. The SMILES string of the molecule is COc1cccc(C(OCC2CC(O)CN2C(=O)C(C)C)(c2ccccc2)c2ccccc2)c1OC. The van der Waals surface area contributed by atoms with Crippen molar-refractivity contribution in [3.05, 3.63) is 95.6 Å². The normalized spacial score (nSPS) is 17.9. The zero-order chi connectivity index (χ0) is 25.7. The van der Waals surface area contributed by atoms with Gasteiger partial charge >= 0.3 is 0 Å². The van der Waals surface area contributed by atoms with Gasteiger partial charge in [-0.3, -0.25) is 4.79 Å². The third-order valence-corrected chi connectivity index (χ3v) is 6.80. The number of aliphatic hydroxyl groups excluding tert-OH is 1. The molecule has 0 aliphatic carbocycles. The number of benzene rings is 3. The Morgan fingerprint density at radius 1 is 0.944 bits per heavy atom. The molecule has 0 radical (unpaired) electrons. The monoisotopic (exact) mass is 489 g/mol. The average Bonchev–Trinajstić information content (AvgIpc) is 3.29. The van der Waals surface area contributed by atoms with Gasteiger partial charge < -0.3 is 24.2 Å². The first-order valence-electron chi connectivity index (χ1n) is 12.4. The molecule has 1 amide bonds. The van der Waals surface area contributed by atoms with Crippen molar-refractivity contribution in [2.24, 2.45) is 5.92 Å². The topological polar surface area (TPSA) is 68.2 Å². The lowest BCUT2D eigenvalue weighted by molar-refractivity contribution is -0.137. The van der Waals surface area contributed by atoms with Gasteiger partial charge in [0.15, 0.2) is 11.5 Å². The summed E-state index contributed by atoms with van der Waals surface area (Å²) in [7, 11) is 3.24. The summed E-state index contributed by atoms with van der Waals surface area (Å²) >= 11 is 0. The minimum Gasteiger partial charge on any atom is -0.493 e. The van der Waals surface area contributed by atoms with E-state index in [0.29, 0.717) is 24.5 Å². The van der Waals surface area contributed by atoms with Crippen LogP contribution in [0.4, 0.5) is 0 Å². The quantitative estimate of drug-likeness (QED) is 0.444. The number of hydrogen-bond donors (Lipinski definition) is 1. The van der Waals surface area contributed by atoms with E-state index >= 15 is 0 Å². The molecule has 1 saturated heterocycles. The van der Waals surface area contributed by atoms with Crippen molar-refractivity contribution in [1.29, 1.82) is 0 Å². The molecule has 2 atom stereocenters. The van der Waals surface area contributed by atoms with Crippen molar-refractivity contribution in [3.63, 3.8) is 0 Å². The highest BCUT2D eigenvalue weighted by atomic mass is 16.5. The van der Waals surface area contributed by atoms with Crippen LogP contribution in [0.25, 0.3) is 0 Å². The highest BCUT2D eigenvalue weighted by molar-refractivity contribution is 5.78. The van der Waals surface area contributed by atoms with E-state index < -0.39 is 11.7 Å². The number of hydrogen-bond acceptors (Lipinski definition) is 5. The van der Waals surface area contributed by atoms with Crippen LogP contribution < -0.4 is 9.47 Å². The molecule has 2 unspecified atom stereocenters. The van der Waals surface area contributed by atoms with Gasteiger partial charge in [-0.15, -0.1) is 0 Å².